The number of ether oxygens (including phenoxy) is 1. The van der Waals surface area contributed by atoms with E-state index in [9.17, 15) is 4.79 Å². The van der Waals surface area contributed by atoms with Crippen LogP contribution in [0.15, 0.2) is 18.6 Å². The highest BCUT2D eigenvalue weighted by Gasteiger charge is 2.33. The second-order valence-electron chi connectivity index (χ2n) is 8.48. The SMILES string of the molecule is CCCC(=O)OCCc1nccc(N2C[C@@H](C)N(c3ncnc(C4CC4)n3)[C@@H](C)C2)n1. The molecule has 3 heterocycles. The zero-order chi connectivity index (χ0) is 21.8. The normalized spacial score (nSPS) is 21.3. The van der Waals surface area contributed by atoms with Gasteiger partial charge in [0.05, 0.1) is 6.61 Å². The van der Waals surface area contributed by atoms with E-state index in [2.05, 4.69) is 38.6 Å². The molecule has 0 N–H and O–H groups in total. The number of anilines is 2. The maximum atomic E-state index is 11.5. The van der Waals surface area contributed by atoms with Gasteiger partial charge in [0, 0.05) is 50.1 Å². The first-order valence-corrected chi connectivity index (χ1v) is 11.2. The Hall–Kier alpha value is -2.84. The van der Waals surface area contributed by atoms with Gasteiger partial charge in [-0.3, -0.25) is 4.79 Å². The van der Waals surface area contributed by atoms with Gasteiger partial charge in [0.1, 0.15) is 23.8 Å². The maximum Gasteiger partial charge on any atom is 0.305 e. The molecule has 1 saturated carbocycles. The minimum atomic E-state index is -0.166. The Morgan fingerprint density at radius 3 is 2.61 bits per heavy atom. The number of aromatic nitrogens is 5. The monoisotopic (exact) mass is 425 g/mol. The fourth-order valence-corrected chi connectivity index (χ4v) is 4.08. The highest BCUT2D eigenvalue weighted by Crippen LogP contribution is 2.38. The first kappa shape index (κ1) is 21.4. The molecular formula is C22H31N7O2. The maximum absolute atomic E-state index is 11.5. The van der Waals surface area contributed by atoms with Gasteiger partial charge in [0.25, 0.3) is 0 Å². The van der Waals surface area contributed by atoms with E-state index in [4.69, 9.17) is 14.7 Å². The van der Waals surface area contributed by atoms with Crippen molar-refractivity contribution in [3.05, 3.63) is 30.2 Å². The molecule has 166 valence electrons. The molecule has 2 aliphatic rings. The van der Waals surface area contributed by atoms with Gasteiger partial charge in [0.2, 0.25) is 5.95 Å². The molecule has 1 aliphatic carbocycles. The third-order valence-corrected chi connectivity index (χ3v) is 5.73. The van der Waals surface area contributed by atoms with E-state index < -0.39 is 0 Å². The number of hydrogen-bond donors (Lipinski definition) is 0. The molecule has 0 spiro atoms. The van der Waals surface area contributed by atoms with Gasteiger partial charge in [-0.25, -0.2) is 19.9 Å². The molecule has 1 aliphatic heterocycles. The van der Waals surface area contributed by atoms with Crippen LogP contribution in [0.3, 0.4) is 0 Å². The second-order valence-corrected chi connectivity index (χ2v) is 8.48. The second kappa shape index (κ2) is 9.53. The lowest BCUT2D eigenvalue weighted by molar-refractivity contribution is -0.143. The van der Waals surface area contributed by atoms with Gasteiger partial charge in [-0.15, -0.1) is 0 Å². The molecule has 2 fully saturated rings. The Labute approximate surface area is 183 Å². The summed E-state index contributed by atoms with van der Waals surface area (Å²) in [5, 5.41) is 0. The van der Waals surface area contributed by atoms with Crippen molar-refractivity contribution in [2.45, 2.75) is 70.9 Å². The molecule has 0 unspecified atom stereocenters. The lowest BCUT2D eigenvalue weighted by Gasteiger charge is -2.44. The van der Waals surface area contributed by atoms with Gasteiger partial charge >= 0.3 is 5.97 Å². The topological polar surface area (TPSA) is 97.2 Å². The van der Waals surface area contributed by atoms with Crippen LogP contribution in [-0.4, -0.2) is 62.7 Å². The van der Waals surface area contributed by atoms with E-state index in [1.807, 2.05) is 13.0 Å². The first-order chi connectivity index (χ1) is 15.0. The Morgan fingerprint density at radius 2 is 1.90 bits per heavy atom. The van der Waals surface area contributed by atoms with Gasteiger partial charge in [0.15, 0.2) is 0 Å². The van der Waals surface area contributed by atoms with Crippen molar-refractivity contribution in [2.24, 2.45) is 0 Å². The molecule has 2 aromatic heterocycles. The highest BCUT2D eigenvalue weighted by molar-refractivity contribution is 5.69. The molecule has 0 radical (unpaired) electrons. The lowest BCUT2D eigenvalue weighted by atomic mass is 10.1. The Balaban J connectivity index is 1.39. The zero-order valence-electron chi connectivity index (χ0n) is 18.6. The number of hydrogen-bond acceptors (Lipinski definition) is 9. The molecule has 2 aromatic rings. The highest BCUT2D eigenvalue weighted by atomic mass is 16.5. The molecule has 9 nitrogen and oxygen atoms in total. The number of nitrogens with zero attached hydrogens (tertiary/aromatic N) is 7. The van der Waals surface area contributed by atoms with Gasteiger partial charge < -0.3 is 14.5 Å². The Kier molecular flexibility index (Phi) is 6.58. The van der Waals surface area contributed by atoms with E-state index in [1.54, 1.807) is 12.5 Å². The average molecular weight is 426 g/mol. The number of carbonyl (C=O) groups excluding carboxylic acids is 1. The fraction of sp³-hybridized carbons (Fsp3) is 0.636. The van der Waals surface area contributed by atoms with Crippen LogP contribution < -0.4 is 9.80 Å². The van der Waals surface area contributed by atoms with E-state index in [-0.39, 0.29) is 18.1 Å². The summed E-state index contributed by atoms with van der Waals surface area (Å²) in [6.45, 7) is 8.29. The van der Waals surface area contributed by atoms with Crippen LogP contribution in [0.1, 0.15) is 64.0 Å². The number of rotatable bonds is 8. The molecule has 31 heavy (non-hydrogen) atoms. The van der Waals surface area contributed by atoms with Crippen LogP contribution in [-0.2, 0) is 16.0 Å². The third-order valence-electron chi connectivity index (χ3n) is 5.73. The molecular weight excluding hydrogens is 394 g/mol. The van der Waals surface area contributed by atoms with Crippen LogP contribution in [0.25, 0.3) is 0 Å². The van der Waals surface area contributed by atoms with Gasteiger partial charge in [-0.05, 0) is 39.2 Å². The van der Waals surface area contributed by atoms with Crippen molar-refractivity contribution < 1.29 is 9.53 Å². The third kappa shape index (κ3) is 5.26. The lowest BCUT2D eigenvalue weighted by Crippen LogP contribution is -2.58. The average Bonchev–Trinajstić information content (AvgIpc) is 3.59. The summed E-state index contributed by atoms with van der Waals surface area (Å²) in [5.74, 6) is 3.63. The minimum Gasteiger partial charge on any atom is -0.465 e. The van der Waals surface area contributed by atoms with Crippen molar-refractivity contribution in [3.8, 4) is 0 Å². The molecule has 4 rings (SSSR count). The largest absolute Gasteiger partial charge is 0.465 e. The summed E-state index contributed by atoms with van der Waals surface area (Å²) in [6.07, 6.45) is 7.53. The predicted octanol–water partition coefficient (Wildman–Crippen LogP) is 2.53. The van der Waals surface area contributed by atoms with E-state index >= 15 is 0 Å². The van der Waals surface area contributed by atoms with Gasteiger partial charge in [-0.2, -0.15) is 4.98 Å². The van der Waals surface area contributed by atoms with Crippen LogP contribution >= 0.6 is 0 Å². The number of carbonyl (C=O) groups is 1. The summed E-state index contributed by atoms with van der Waals surface area (Å²) in [6, 6.07) is 2.40. The number of esters is 1. The molecule has 0 amide bonds. The molecule has 0 bridgehead atoms. The molecule has 9 heteroatoms. The molecule has 0 aromatic carbocycles. The van der Waals surface area contributed by atoms with Crippen LogP contribution in [0.2, 0.25) is 0 Å². The van der Waals surface area contributed by atoms with Crippen LogP contribution in [0.5, 0.6) is 0 Å². The minimum absolute atomic E-state index is 0.166. The first-order valence-electron chi connectivity index (χ1n) is 11.2. The smallest absolute Gasteiger partial charge is 0.305 e. The number of piperazine rings is 1. The van der Waals surface area contributed by atoms with Crippen molar-refractivity contribution in [3.63, 3.8) is 0 Å². The predicted molar refractivity (Wildman–Crippen MR) is 117 cm³/mol. The summed E-state index contributed by atoms with van der Waals surface area (Å²) < 4.78 is 5.24. The quantitative estimate of drug-likeness (QED) is 0.591. The fourth-order valence-electron chi connectivity index (χ4n) is 4.08. The summed E-state index contributed by atoms with van der Waals surface area (Å²) >= 11 is 0. The van der Waals surface area contributed by atoms with Crippen LogP contribution in [0.4, 0.5) is 11.8 Å². The Morgan fingerprint density at radius 1 is 1.13 bits per heavy atom. The standard InChI is InChI=1S/C22H31N7O2/c1-4-5-20(30)31-11-9-18-23-10-8-19(26-18)28-12-15(2)29(16(3)13-28)22-25-14-24-21(27-22)17-6-7-17/h8,10,14-17H,4-7,9,11-13H2,1-3H3/t15-,16+. The van der Waals surface area contributed by atoms with Crippen molar-refractivity contribution >= 4 is 17.7 Å². The molecule has 2 atom stereocenters. The molecule has 1 saturated heterocycles. The van der Waals surface area contributed by atoms with E-state index in [0.29, 0.717) is 31.2 Å². The zero-order valence-corrected chi connectivity index (χ0v) is 18.6. The summed E-state index contributed by atoms with van der Waals surface area (Å²) in [4.78, 5) is 38.7. The van der Waals surface area contributed by atoms with Gasteiger partial charge in [-0.1, -0.05) is 6.92 Å². The van der Waals surface area contributed by atoms with Crippen molar-refractivity contribution in [1.29, 1.82) is 0 Å². The van der Waals surface area contributed by atoms with Crippen molar-refractivity contribution in [2.75, 3.05) is 29.5 Å². The Bertz CT molecular complexity index is 893. The summed E-state index contributed by atoms with van der Waals surface area (Å²) in [7, 11) is 0. The van der Waals surface area contributed by atoms with Crippen molar-refractivity contribution in [1.82, 2.24) is 24.9 Å². The summed E-state index contributed by atoms with van der Waals surface area (Å²) in [5.41, 5.74) is 0. The van der Waals surface area contributed by atoms with Crippen LogP contribution in [0, 0.1) is 0 Å². The van der Waals surface area contributed by atoms with E-state index in [0.717, 1.165) is 37.1 Å². The van der Waals surface area contributed by atoms with E-state index in [1.165, 1.54) is 12.8 Å².